The standard InChI is InChI=1S/C27H45N5O8Si2/c1-16(2)41(17(3)4)37-15-21-23(39-42(40-41,18(5)6)19(7)8)20(11-10-13-32-27(36)30(9)26(35)29-32)24(38-21)31-14-12-22(33)28-25(31)34/h10-12,14,16-21,23-24H,13,15H2,1-9H3,(H,29,35)(H,28,33,34)/b11-10+/t20-,21-,23+,24-/m1/s1. The number of allylic oxidation sites excluding steroid dienone is 1. The van der Waals surface area contributed by atoms with Crippen LogP contribution in [0.25, 0.3) is 0 Å². The van der Waals surface area contributed by atoms with Gasteiger partial charge in [-0.25, -0.2) is 28.7 Å². The Labute approximate surface area is 246 Å². The normalized spacial score (nSPS) is 25.9. The maximum atomic E-state index is 13.0. The Morgan fingerprint density at radius 2 is 1.57 bits per heavy atom. The molecule has 2 fully saturated rings. The summed E-state index contributed by atoms with van der Waals surface area (Å²) in [5.74, 6) is -0.506. The molecule has 0 aromatic carbocycles. The second-order valence-corrected chi connectivity index (χ2v) is 21.4. The number of nitrogens with zero attached hydrogens (tertiary/aromatic N) is 3. The average molecular weight is 624 g/mol. The summed E-state index contributed by atoms with van der Waals surface area (Å²) in [4.78, 5) is 51.5. The average Bonchev–Trinajstić information content (AvgIpc) is 3.34. The molecule has 0 amide bonds. The van der Waals surface area contributed by atoms with Crippen LogP contribution >= 0.6 is 0 Å². The van der Waals surface area contributed by atoms with Crippen LogP contribution in [0.5, 0.6) is 0 Å². The summed E-state index contributed by atoms with van der Waals surface area (Å²) in [6, 6.07) is 1.28. The number of hydrogen-bond acceptors (Lipinski definition) is 8. The van der Waals surface area contributed by atoms with Gasteiger partial charge in [-0.05, 0) is 22.2 Å². The minimum Gasteiger partial charge on any atom is -0.414 e. The van der Waals surface area contributed by atoms with Gasteiger partial charge in [0.15, 0.2) is 0 Å². The van der Waals surface area contributed by atoms with E-state index in [9.17, 15) is 19.2 Å². The first-order valence-corrected chi connectivity index (χ1v) is 18.6. The predicted molar refractivity (Wildman–Crippen MR) is 162 cm³/mol. The van der Waals surface area contributed by atoms with Crippen molar-refractivity contribution in [2.24, 2.45) is 13.0 Å². The molecule has 0 bridgehead atoms. The fraction of sp³-hybridized carbons (Fsp3) is 0.704. The number of fused-ring (bicyclic) bond motifs is 1. The van der Waals surface area contributed by atoms with Gasteiger partial charge in [0.05, 0.1) is 25.2 Å². The molecule has 0 saturated carbocycles. The Morgan fingerprint density at radius 1 is 0.952 bits per heavy atom. The van der Waals surface area contributed by atoms with Crippen molar-refractivity contribution in [2.75, 3.05) is 6.61 Å². The highest BCUT2D eigenvalue weighted by Crippen LogP contribution is 2.49. The zero-order valence-electron chi connectivity index (χ0n) is 26.0. The van der Waals surface area contributed by atoms with Crippen LogP contribution < -0.4 is 22.6 Å². The van der Waals surface area contributed by atoms with Crippen LogP contribution in [-0.4, -0.2) is 59.8 Å². The van der Waals surface area contributed by atoms with Gasteiger partial charge in [0.1, 0.15) is 12.3 Å². The van der Waals surface area contributed by atoms with Crippen molar-refractivity contribution in [3.8, 4) is 0 Å². The molecule has 2 aromatic rings. The molecule has 234 valence electrons. The molecule has 4 atom stereocenters. The molecule has 0 aliphatic carbocycles. The fourth-order valence-corrected chi connectivity index (χ4v) is 17.5. The molecule has 0 unspecified atom stereocenters. The number of nitrogens with one attached hydrogen (secondary N) is 2. The molecule has 15 heteroatoms. The topological polar surface area (TPSA) is 152 Å². The SMILES string of the molecule is CC(C)[Si]1(C(C)C)OC[C@H]2O[C@@H](n3ccc(=O)[nH]c3=O)[C@H](/C=C/Cn3[nH]c(=O)n(C)c3=O)[C@@H]2O[Si](C(C)C)(C(C)C)O1. The molecule has 4 rings (SSSR count). The van der Waals surface area contributed by atoms with E-state index in [2.05, 4.69) is 65.5 Å². The Kier molecular flexibility index (Phi) is 9.40. The second kappa shape index (κ2) is 12.2. The molecular formula is C27H45N5O8Si2. The first-order valence-electron chi connectivity index (χ1n) is 14.7. The Balaban J connectivity index is 1.83. The van der Waals surface area contributed by atoms with Crippen molar-refractivity contribution in [1.29, 1.82) is 0 Å². The minimum atomic E-state index is -3.01. The van der Waals surface area contributed by atoms with E-state index in [1.807, 2.05) is 6.08 Å². The number of H-pyrrole nitrogens is 2. The summed E-state index contributed by atoms with van der Waals surface area (Å²) in [7, 11) is -4.42. The van der Waals surface area contributed by atoms with Gasteiger partial charge in [-0.3, -0.25) is 14.3 Å². The quantitative estimate of drug-likeness (QED) is 0.336. The molecular weight excluding hydrogens is 578 g/mol. The smallest absolute Gasteiger partial charge is 0.346 e. The highest BCUT2D eigenvalue weighted by molar-refractivity contribution is 6.84. The molecule has 0 radical (unpaired) electrons. The fourth-order valence-electron chi connectivity index (χ4n) is 6.22. The van der Waals surface area contributed by atoms with Gasteiger partial charge in [0.2, 0.25) is 0 Å². The molecule has 42 heavy (non-hydrogen) atoms. The third-order valence-corrected chi connectivity index (χ3v) is 18.8. The van der Waals surface area contributed by atoms with E-state index in [4.69, 9.17) is 17.7 Å². The van der Waals surface area contributed by atoms with Crippen LogP contribution in [0.4, 0.5) is 0 Å². The molecule has 4 heterocycles. The number of rotatable bonds is 8. The maximum Gasteiger partial charge on any atom is 0.346 e. The molecule has 2 aromatic heterocycles. The van der Waals surface area contributed by atoms with Crippen LogP contribution in [-0.2, 0) is 31.3 Å². The van der Waals surface area contributed by atoms with Gasteiger partial charge in [0, 0.05) is 19.3 Å². The van der Waals surface area contributed by atoms with E-state index in [-0.39, 0.29) is 35.3 Å². The molecule has 2 N–H and O–H groups in total. The number of hydrogen-bond donors (Lipinski definition) is 2. The highest BCUT2D eigenvalue weighted by atomic mass is 28.5. The van der Waals surface area contributed by atoms with Crippen molar-refractivity contribution >= 4 is 17.1 Å². The summed E-state index contributed by atoms with van der Waals surface area (Å²) >= 11 is 0. The molecule has 0 spiro atoms. The maximum absolute atomic E-state index is 13.0. The van der Waals surface area contributed by atoms with E-state index in [0.717, 1.165) is 4.57 Å². The van der Waals surface area contributed by atoms with E-state index in [1.165, 1.54) is 28.6 Å². The first-order chi connectivity index (χ1) is 19.6. The largest absolute Gasteiger partial charge is 0.414 e. The van der Waals surface area contributed by atoms with Crippen molar-refractivity contribution in [3.63, 3.8) is 0 Å². The molecule has 2 aliphatic rings. The van der Waals surface area contributed by atoms with E-state index in [0.29, 0.717) is 0 Å². The first kappa shape index (κ1) is 32.3. The van der Waals surface area contributed by atoms with Gasteiger partial charge >= 0.3 is 34.2 Å². The van der Waals surface area contributed by atoms with Crippen molar-refractivity contribution < 1.29 is 17.7 Å². The summed E-state index contributed by atoms with van der Waals surface area (Å²) in [5.41, 5.74) is -1.63. The number of aromatic amines is 2. The van der Waals surface area contributed by atoms with Crippen LogP contribution in [0.2, 0.25) is 22.2 Å². The lowest BCUT2D eigenvalue weighted by Crippen LogP contribution is -2.65. The zero-order valence-corrected chi connectivity index (χ0v) is 28.0. The predicted octanol–water partition coefficient (Wildman–Crippen LogP) is 2.45. The van der Waals surface area contributed by atoms with Crippen molar-refractivity contribution in [1.82, 2.24) is 23.9 Å². The lowest BCUT2D eigenvalue weighted by molar-refractivity contribution is -0.0570. The number of ether oxygens (including phenoxy) is 1. The summed E-state index contributed by atoms with van der Waals surface area (Å²) in [6.07, 6.45) is 3.12. The van der Waals surface area contributed by atoms with Crippen LogP contribution in [0.3, 0.4) is 0 Å². The van der Waals surface area contributed by atoms with E-state index in [1.54, 1.807) is 6.08 Å². The van der Waals surface area contributed by atoms with Crippen LogP contribution in [0, 0.1) is 5.92 Å². The van der Waals surface area contributed by atoms with Gasteiger partial charge < -0.3 is 17.7 Å². The Bertz CT molecular complexity index is 1500. The van der Waals surface area contributed by atoms with Crippen molar-refractivity contribution in [2.45, 2.75) is 103 Å². The van der Waals surface area contributed by atoms with Gasteiger partial charge in [0.25, 0.3) is 5.56 Å². The van der Waals surface area contributed by atoms with Gasteiger partial charge in [-0.1, -0.05) is 67.5 Å². The minimum absolute atomic E-state index is 0.0803. The monoisotopic (exact) mass is 623 g/mol. The summed E-state index contributed by atoms with van der Waals surface area (Å²) in [5, 5.41) is 2.52. The third-order valence-electron chi connectivity index (χ3n) is 8.55. The lowest BCUT2D eigenvalue weighted by Gasteiger charge is -2.51. The third kappa shape index (κ3) is 5.69. The lowest BCUT2D eigenvalue weighted by atomic mass is 9.99. The van der Waals surface area contributed by atoms with Gasteiger partial charge in [-0.2, -0.15) is 0 Å². The Hall–Kier alpha value is -2.57. The van der Waals surface area contributed by atoms with E-state index >= 15 is 0 Å². The second-order valence-electron chi connectivity index (χ2n) is 12.5. The molecule has 2 aliphatic heterocycles. The highest BCUT2D eigenvalue weighted by Gasteiger charge is 2.61. The van der Waals surface area contributed by atoms with Crippen molar-refractivity contribution in [3.05, 3.63) is 66.2 Å². The Morgan fingerprint density at radius 3 is 2.10 bits per heavy atom. The summed E-state index contributed by atoms with van der Waals surface area (Å²) < 4.78 is 31.5. The van der Waals surface area contributed by atoms with E-state index < -0.39 is 64.1 Å². The summed E-state index contributed by atoms with van der Waals surface area (Å²) in [6.45, 7) is 17.4. The zero-order chi connectivity index (χ0) is 31.1. The van der Waals surface area contributed by atoms with Crippen LogP contribution in [0.15, 0.2) is 43.6 Å². The van der Waals surface area contributed by atoms with Gasteiger partial charge in [-0.15, -0.1) is 0 Å². The van der Waals surface area contributed by atoms with Crippen LogP contribution in [0.1, 0.15) is 61.6 Å². The molecule has 13 nitrogen and oxygen atoms in total. The number of aromatic nitrogens is 5. The molecule has 2 saturated heterocycles.